The fraction of sp³-hybridized carbons (Fsp3) is 0.500. The molecule has 0 N–H and O–H groups in total. The van der Waals surface area contributed by atoms with Crippen molar-refractivity contribution in [3.63, 3.8) is 0 Å². The first-order valence-electron chi connectivity index (χ1n) is 5.65. The molecule has 1 saturated heterocycles. The zero-order valence-electron chi connectivity index (χ0n) is 9.54. The summed E-state index contributed by atoms with van der Waals surface area (Å²) < 4.78 is 0. The summed E-state index contributed by atoms with van der Waals surface area (Å²) in [6.45, 7) is 5.75. The summed E-state index contributed by atoms with van der Waals surface area (Å²) in [6.07, 6.45) is 4.69. The first-order chi connectivity index (χ1) is 7.81. The van der Waals surface area contributed by atoms with Crippen molar-refractivity contribution < 1.29 is 4.79 Å². The van der Waals surface area contributed by atoms with Gasteiger partial charge in [0.1, 0.15) is 6.29 Å². The molecule has 0 saturated carbocycles. The average Bonchev–Trinajstić information content (AvgIpc) is 2.39. The molecule has 1 aromatic heterocycles. The van der Waals surface area contributed by atoms with Crippen LogP contribution in [0.3, 0.4) is 0 Å². The van der Waals surface area contributed by atoms with Gasteiger partial charge in [-0.3, -0.25) is 9.88 Å². The van der Waals surface area contributed by atoms with E-state index in [1.165, 1.54) is 5.69 Å². The number of carbonyl (C=O) groups excluding carboxylic acids is 1. The Hall–Kier alpha value is -1.42. The fourth-order valence-electron chi connectivity index (χ4n) is 2.01. The monoisotopic (exact) mass is 219 g/mol. The van der Waals surface area contributed by atoms with Crippen LogP contribution in [0, 0.1) is 0 Å². The Morgan fingerprint density at radius 3 is 2.69 bits per heavy atom. The largest absolute Gasteiger partial charge is 0.368 e. The molecule has 0 amide bonds. The average molecular weight is 219 g/mol. The van der Waals surface area contributed by atoms with Crippen molar-refractivity contribution >= 4 is 12.0 Å². The molecule has 0 spiro atoms. The van der Waals surface area contributed by atoms with E-state index in [2.05, 4.69) is 20.9 Å². The minimum Gasteiger partial charge on any atom is -0.368 e. The van der Waals surface area contributed by atoms with E-state index >= 15 is 0 Å². The molecule has 86 valence electrons. The Bertz CT molecular complexity index is 333. The van der Waals surface area contributed by atoms with Crippen molar-refractivity contribution in [1.29, 1.82) is 0 Å². The van der Waals surface area contributed by atoms with E-state index in [-0.39, 0.29) is 6.04 Å². The van der Waals surface area contributed by atoms with Crippen LogP contribution in [-0.4, -0.2) is 48.4 Å². The van der Waals surface area contributed by atoms with Crippen LogP contribution in [0.5, 0.6) is 0 Å². The molecule has 0 radical (unpaired) electrons. The van der Waals surface area contributed by atoms with Crippen molar-refractivity contribution in [2.24, 2.45) is 0 Å². The zero-order chi connectivity index (χ0) is 11.4. The second kappa shape index (κ2) is 5.07. The Balaban J connectivity index is 1.93. The quantitative estimate of drug-likeness (QED) is 0.704. The maximum Gasteiger partial charge on any atom is 0.136 e. The van der Waals surface area contributed by atoms with E-state index in [4.69, 9.17) is 0 Å². The SMILES string of the molecule is CC(C=O)N1CCN(c2cccnc2)CC1. The lowest BCUT2D eigenvalue weighted by Crippen LogP contribution is -2.50. The van der Waals surface area contributed by atoms with E-state index in [0.717, 1.165) is 32.5 Å². The Labute approximate surface area is 95.9 Å². The van der Waals surface area contributed by atoms with Crippen LogP contribution < -0.4 is 4.90 Å². The smallest absolute Gasteiger partial charge is 0.136 e. The summed E-state index contributed by atoms with van der Waals surface area (Å²) in [4.78, 5) is 19.3. The van der Waals surface area contributed by atoms with Gasteiger partial charge in [0.25, 0.3) is 0 Å². The van der Waals surface area contributed by atoms with Crippen LogP contribution >= 0.6 is 0 Å². The lowest BCUT2D eigenvalue weighted by Gasteiger charge is -2.37. The summed E-state index contributed by atoms with van der Waals surface area (Å²) in [6, 6.07) is 4.07. The highest BCUT2D eigenvalue weighted by molar-refractivity contribution is 5.57. The lowest BCUT2D eigenvalue weighted by molar-refractivity contribution is -0.112. The molecule has 16 heavy (non-hydrogen) atoms. The number of aromatic nitrogens is 1. The topological polar surface area (TPSA) is 36.4 Å². The number of nitrogens with zero attached hydrogens (tertiary/aromatic N) is 3. The van der Waals surface area contributed by atoms with Crippen LogP contribution in [0.1, 0.15) is 6.92 Å². The summed E-state index contributed by atoms with van der Waals surface area (Å²) in [5.74, 6) is 0. The van der Waals surface area contributed by atoms with Crippen molar-refractivity contribution in [3.8, 4) is 0 Å². The van der Waals surface area contributed by atoms with Gasteiger partial charge in [-0.2, -0.15) is 0 Å². The maximum absolute atomic E-state index is 10.7. The summed E-state index contributed by atoms with van der Waals surface area (Å²) in [7, 11) is 0. The van der Waals surface area contributed by atoms with E-state index < -0.39 is 0 Å². The predicted molar refractivity (Wildman–Crippen MR) is 63.5 cm³/mol. The minimum absolute atomic E-state index is 0.0380. The van der Waals surface area contributed by atoms with Crippen molar-refractivity contribution in [3.05, 3.63) is 24.5 Å². The first-order valence-corrected chi connectivity index (χ1v) is 5.65. The van der Waals surface area contributed by atoms with Crippen LogP contribution in [0.15, 0.2) is 24.5 Å². The number of hydrogen-bond acceptors (Lipinski definition) is 4. The molecule has 1 unspecified atom stereocenters. The molecule has 1 aromatic rings. The Morgan fingerprint density at radius 1 is 1.38 bits per heavy atom. The normalized spacial score (nSPS) is 19.4. The first kappa shape index (κ1) is 11.1. The molecule has 0 aliphatic carbocycles. The molecule has 0 bridgehead atoms. The van der Waals surface area contributed by atoms with E-state index in [1.54, 1.807) is 6.20 Å². The molecular formula is C12H17N3O. The Kier molecular flexibility index (Phi) is 3.51. The van der Waals surface area contributed by atoms with Gasteiger partial charge in [-0.25, -0.2) is 0 Å². The number of piperazine rings is 1. The summed E-state index contributed by atoms with van der Waals surface area (Å²) >= 11 is 0. The molecular weight excluding hydrogens is 202 g/mol. The van der Waals surface area contributed by atoms with Gasteiger partial charge in [0, 0.05) is 32.4 Å². The van der Waals surface area contributed by atoms with Gasteiger partial charge in [-0.05, 0) is 19.1 Å². The maximum atomic E-state index is 10.7. The third-order valence-electron chi connectivity index (χ3n) is 3.10. The number of aldehydes is 1. The molecule has 2 heterocycles. The molecule has 4 heteroatoms. The summed E-state index contributed by atoms with van der Waals surface area (Å²) in [5, 5.41) is 0. The number of rotatable bonds is 3. The highest BCUT2D eigenvalue weighted by Gasteiger charge is 2.20. The minimum atomic E-state index is 0.0380. The molecule has 1 atom stereocenters. The third-order valence-corrected chi connectivity index (χ3v) is 3.10. The van der Waals surface area contributed by atoms with E-state index in [1.807, 2.05) is 19.2 Å². The van der Waals surface area contributed by atoms with Gasteiger partial charge in [0.05, 0.1) is 17.9 Å². The number of pyridine rings is 1. The van der Waals surface area contributed by atoms with Gasteiger partial charge in [-0.15, -0.1) is 0 Å². The highest BCUT2D eigenvalue weighted by Crippen LogP contribution is 2.14. The van der Waals surface area contributed by atoms with Crippen LogP contribution in [0.25, 0.3) is 0 Å². The third kappa shape index (κ3) is 2.39. The van der Waals surface area contributed by atoms with E-state index in [0.29, 0.717) is 0 Å². The zero-order valence-corrected chi connectivity index (χ0v) is 9.54. The lowest BCUT2D eigenvalue weighted by atomic mass is 10.2. The van der Waals surface area contributed by atoms with E-state index in [9.17, 15) is 4.79 Å². The molecule has 0 aromatic carbocycles. The second-order valence-corrected chi connectivity index (χ2v) is 4.11. The van der Waals surface area contributed by atoms with Gasteiger partial charge in [0.15, 0.2) is 0 Å². The molecule has 1 fully saturated rings. The Morgan fingerprint density at radius 2 is 2.12 bits per heavy atom. The standard InChI is InChI=1S/C12H17N3O/c1-11(10-16)14-5-7-15(8-6-14)12-3-2-4-13-9-12/h2-4,9-11H,5-8H2,1H3. The molecule has 4 nitrogen and oxygen atoms in total. The van der Waals surface area contributed by atoms with Gasteiger partial charge >= 0.3 is 0 Å². The number of anilines is 1. The molecule has 2 rings (SSSR count). The molecule has 1 aliphatic heterocycles. The number of carbonyl (C=O) groups is 1. The highest BCUT2D eigenvalue weighted by atomic mass is 16.1. The fourth-order valence-corrected chi connectivity index (χ4v) is 2.01. The summed E-state index contributed by atoms with van der Waals surface area (Å²) in [5.41, 5.74) is 1.17. The number of hydrogen-bond donors (Lipinski definition) is 0. The van der Waals surface area contributed by atoms with Gasteiger partial charge < -0.3 is 9.69 Å². The second-order valence-electron chi connectivity index (χ2n) is 4.11. The van der Waals surface area contributed by atoms with Gasteiger partial charge in [-0.1, -0.05) is 0 Å². The van der Waals surface area contributed by atoms with Gasteiger partial charge in [0.2, 0.25) is 0 Å². The van der Waals surface area contributed by atoms with Crippen molar-refractivity contribution in [2.75, 3.05) is 31.1 Å². The van der Waals surface area contributed by atoms with Crippen LogP contribution in [-0.2, 0) is 4.79 Å². The van der Waals surface area contributed by atoms with Crippen molar-refractivity contribution in [2.45, 2.75) is 13.0 Å². The van der Waals surface area contributed by atoms with Crippen molar-refractivity contribution in [1.82, 2.24) is 9.88 Å². The molecule has 1 aliphatic rings. The van der Waals surface area contributed by atoms with Crippen LogP contribution in [0.4, 0.5) is 5.69 Å². The van der Waals surface area contributed by atoms with Crippen LogP contribution in [0.2, 0.25) is 0 Å². The predicted octanol–water partition coefficient (Wildman–Crippen LogP) is 0.791.